The van der Waals surface area contributed by atoms with Gasteiger partial charge in [0.15, 0.2) is 0 Å². The number of amides is 4. The topological polar surface area (TPSA) is 123 Å². The molecule has 0 aromatic heterocycles. The highest BCUT2D eigenvalue weighted by atomic mass is 16.2. The van der Waals surface area contributed by atoms with Gasteiger partial charge >= 0.3 is 12.1 Å². The van der Waals surface area contributed by atoms with Crippen LogP contribution < -0.4 is 22.1 Å². The lowest BCUT2D eigenvalue weighted by Crippen LogP contribution is -2.65. The number of nitrogens with two attached hydrogens (primary N) is 2. The van der Waals surface area contributed by atoms with Crippen LogP contribution in [0.1, 0.15) is 0 Å². The van der Waals surface area contributed by atoms with E-state index in [4.69, 9.17) is 11.5 Å². The molecule has 0 radical (unpaired) electrons. The van der Waals surface area contributed by atoms with Crippen LogP contribution in [0.15, 0.2) is 0 Å². The van der Waals surface area contributed by atoms with Gasteiger partial charge in [-0.3, -0.25) is 0 Å². The molecule has 102 valence electrons. The van der Waals surface area contributed by atoms with Crippen LogP contribution in [-0.2, 0) is 0 Å². The van der Waals surface area contributed by atoms with E-state index in [2.05, 4.69) is 10.6 Å². The Hall–Kier alpha value is -1.62. The minimum atomic E-state index is -0.746. The van der Waals surface area contributed by atoms with E-state index < -0.39 is 12.1 Å². The molecule has 0 saturated carbocycles. The average molecular weight is 258 g/mol. The van der Waals surface area contributed by atoms with Crippen molar-refractivity contribution in [1.82, 2.24) is 30.9 Å². The zero-order valence-electron chi connectivity index (χ0n) is 10.0. The van der Waals surface area contributed by atoms with Gasteiger partial charge in [-0.1, -0.05) is 0 Å². The highest BCUT2D eigenvalue weighted by Gasteiger charge is 2.35. The zero-order valence-corrected chi connectivity index (χ0v) is 10.0. The molecule has 6 N–H and O–H groups in total. The second kappa shape index (κ2) is 5.35. The Labute approximate surface area is 104 Å². The van der Waals surface area contributed by atoms with Gasteiger partial charge in [0.1, 0.15) is 0 Å². The predicted molar refractivity (Wildman–Crippen MR) is 62.0 cm³/mol. The van der Waals surface area contributed by atoms with E-state index in [0.29, 0.717) is 39.5 Å². The van der Waals surface area contributed by atoms with E-state index in [0.717, 1.165) is 10.2 Å². The van der Waals surface area contributed by atoms with Gasteiger partial charge in [-0.15, -0.1) is 10.2 Å². The van der Waals surface area contributed by atoms with Gasteiger partial charge in [-0.25, -0.2) is 9.59 Å². The SMILES string of the molecule is NC(=O)N(N1CCNC1)N(C(N)=O)N1CCNC1. The molecular formula is C8H18N8O2. The average Bonchev–Trinajstić information content (AvgIpc) is 2.97. The fraction of sp³-hybridized carbons (Fsp3) is 0.750. The summed E-state index contributed by atoms with van der Waals surface area (Å²) in [5.74, 6) is 0. The van der Waals surface area contributed by atoms with Crippen LogP contribution in [0.3, 0.4) is 0 Å². The smallest absolute Gasteiger partial charge is 0.349 e. The second-order valence-corrected chi connectivity index (χ2v) is 4.03. The first-order valence-corrected chi connectivity index (χ1v) is 5.71. The van der Waals surface area contributed by atoms with Crippen LogP contribution in [0.4, 0.5) is 9.59 Å². The summed E-state index contributed by atoms with van der Waals surface area (Å²) in [6, 6.07) is -1.49. The molecule has 10 heteroatoms. The van der Waals surface area contributed by atoms with Crippen LogP contribution in [0, 0.1) is 0 Å². The number of nitrogens with zero attached hydrogens (tertiary/aromatic N) is 4. The summed E-state index contributed by atoms with van der Waals surface area (Å²) in [4.78, 5) is 23.1. The maximum atomic E-state index is 11.6. The molecule has 0 bridgehead atoms. The zero-order chi connectivity index (χ0) is 13.1. The molecule has 0 spiro atoms. The molecule has 0 atom stereocenters. The van der Waals surface area contributed by atoms with Crippen molar-refractivity contribution in [3.05, 3.63) is 0 Å². The maximum absolute atomic E-state index is 11.6. The van der Waals surface area contributed by atoms with Crippen LogP contribution in [0.5, 0.6) is 0 Å². The minimum absolute atomic E-state index is 0.438. The van der Waals surface area contributed by atoms with E-state index in [1.54, 1.807) is 10.0 Å². The number of primary amides is 2. The summed E-state index contributed by atoms with van der Waals surface area (Å²) < 4.78 is 0. The number of rotatable bonds is 2. The molecule has 2 saturated heterocycles. The van der Waals surface area contributed by atoms with E-state index in [1.165, 1.54) is 0 Å². The number of nitrogens with one attached hydrogen (secondary N) is 2. The Morgan fingerprint density at radius 2 is 1.28 bits per heavy atom. The van der Waals surface area contributed by atoms with Crippen LogP contribution in [-0.4, -0.2) is 71.8 Å². The lowest BCUT2D eigenvalue weighted by molar-refractivity contribution is -0.193. The van der Waals surface area contributed by atoms with Crippen molar-refractivity contribution in [2.75, 3.05) is 39.5 Å². The van der Waals surface area contributed by atoms with E-state index in [9.17, 15) is 9.59 Å². The minimum Gasteiger partial charge on any atom is -0.349 e. The highest BCUT2D eigenvalue weighted by molar-refractivity contribution is 5.77. The second-order valence-electron chi connectivity index (χ2n) is 4.03. The number of carbonyl (C=O) groups is 2. The maximum Gasteiger partial charge on any atom is 0.350 e. The van der Waals surface area contributed by atoms with Crippen LogP contribution in [0.2, 0.25) is 0 Å². The third-order valence-corrected chi connectivity index (χ3v) is 2.79. The first-order chi connectivity index (χ1) is 8.61. The first-order valence-electron chi connectivity index (χ1n) is 5.71. The van der Waals surface area contributed by atoms with Crippen LogP contribution >= 0.6 is 0 Å². The van der Waals surface area contributed by atoms with Crippen molar-refractivity contribution in [3.8, 4) is 0 Å². The Kier molecular flexibility index (Phi) is 3.81. The lowest BCUT2D eigenvalue weighted by atomic mass is 10.7. The van der Waals surface area contributed by atoms with Crippen molar-refractivity contribution in [3.63, 3.8) is 0 Å². The third kappa shape index (κ3) is 2.46. The summed E-state index contributed by atoms with van der Waals surface area (Å²) in [6.45, 7) is 3.47. The Bertz CT molecular complexity index is 293. The van der Waals surface area contributed by atoms with Crippen LogP contribution in [0.25, 0.3) is 0 Å². The first kappa shape index (κ1) is 12.8. The number of hydrogen-bond donors (Lipinski definition) is 4. The summed E-state index contributed by atoms with van der Waals surface area (Å²) in [7, 11) is 0. The lowest BCUT2D eigenvalue weighted by Gasteiger charge is -2.40. The number of urea groups is 2. The van der Waals surface area contributed by atoms with Crippen molar-refractivity contribution < 1.29 is 9.59 Å². The van der Waals surface area contributed by atoms with Gasteiger partial charge < -0.3 is 22.1 Å². The normalized spacial score (nSPS) is 21.1. The largest absolute Gasteiger partial charge is 0.350 e. The summed E-state index contributed by atoms with van der Waals surface area (Å²) >= 11 is 0. The number of hydrazine groups is 3. The van der Waals surface area contributed by atoms with E-state index in [-0.39, 0.29) is 0 Å². The van der Waals surface area contributed by atoms with Gasteiger partial charge in [0.05, 0.1) is 13.3 Å². The summed E-state index contributed by atoms with van der Waals surface area (Å²) in [6.07, 6.45) is 0. The fourth-order valence-corrected chi connectivity index (χ4v) is 2.02. The molecule has 2 aliphatic rings. The van der Waals surface area contributed by atoms with E-state index in [1.807, 2.05) is 0 Å². The molecule has 2 heterocycles. The standard InChI is InChI=1S/C8H18N8O2/c9-7(17)15(13-3-1-11-5-13)16(8(10)18)14-4-2-12-6-14/h11-12H,1-6H2,(H2,9,17)(H2,10,18). The molecule has 2 rings (SSSR count). The molecular weight excluding hydrogens is 240 g/mol. The van der Waals surface area contributed by atoms with Gasteiger partial charge in [0.2, 0.25) is 0 Å². The van der Waals surface area contributed by atoms with Gasteiger partial charge in [0.25, 0.3) is 0 Å². The van der Waals surface area contributed by atoms with Crippen molar-refractivity contribution in [1.29, 1.82) is 0 Å². The van der Waals surface area contributed by atoms with Crippen molar-refractivity contribution >= 4 is 12.1 Å². The molecule has 0 aromatic rings. The highest BCUT2D eigenvalue weighted by Crippen LogP contribution is 2.10. The van der Waals surface area contributed by atoms with Crippen molar-refractivity contribution in [2.24, 2.45) is 11.5 Å². The molecule has 0 aliphatic carbocycles. The monoisotopic (exact) mass is 258 g/mol. The summed E-state index contributed by atoms with van der Waals surface area (Å²) in [5, 5.41) is 11.5. The quantitative estimate of drug-likeness (QED) is 0.397. The third-order valence-electron chi connectivity index (χ3n) is 2.79. The number of hydrogen-bond acceptors (Lipinski definition) is 6. The molecule has 4 amide bonds. The number of carbonyl (C=O) groups excluding carboxylic acids is 2. The molecule has 10 nitrogen and oxygen atoms in total. The molecule has 18 heavy (non-hydrogen) atoms. The molecule has 2 aliphatic heterocycles. The molecule has 0 aromatic carbocycles. The Balaban J connectivity index is 2.18. The Morgan fingerprint density at radius 1 is 0.889 bits per heavy atom. The molecule has 0 unspecified atom stereocenters. The van der Waals surface area contributed by atoms with E-state index >= 15 is 0 Å². The summed E-state index contributed by atoms with van der Waals surface area (Å²) in [5.41, 5.74) is 10.7. The van der Waals surface area contributed by atoms with Gasteiger partial charge in [-0.05, 0) is 0 Å². The predicted octanol–water partition coefficient (Wildman–Crippen LogP) is -2.78. The van der Waals surface area contributed by atoms with Gasteiger partial charge in [0, 0.05) is 26.2 Å². The molecule has 2 fully saturated rings. The Morgan fingerprint density at radius 3 is 1.50 bits per heavy atom. The fourth-order valence-electron chi connectivity index (χ4n) is 2.02. The van der Waals surface area contributed by atoms with Gasteiger partial charge in [-0.2, -0.15) is 10.0 Å². The van der Waals surface area contributed by atoms with Crippen molar-refractivity contribution in [2.45, 2.75) is 0 Å².